The molecule has 0 atom stereocenters. The van der Waals surface area contributed by atoms with Gasteiger partial charge in [0, 0.05) is 11.3 Å². The molecule has 20 heavy (non-hydrogen) atoms. The normalized spacial score (nSPS) is 16.1. The van der Waals surface area contributed by atoms with Gasteiger partial charge in [0.15, 0.2) is 0 Å². The molecule has 1 aromatic rings. The van der Waals surface area contributed by atoms with Gasteiger partial charge in [0.2, 0.25) is 5.78 Å². The van der Waals surface area contributed by atoms with Crippen molar-refractivity contribution in [2.45, 2.75) is 33.1 Å². The van der Waals surface area contributed by atoms with Gasteiger partial charge in [0.25, 0.3) is 0 Å². The summed E-state index contributed by atoms with van der Waals surface area (Å²) in [6, 6.07) is 0. The summed E-state index contributed by atoms with van der Waals surface area (Å²) in [6.07, 6.45) is 3.66. The van der Waals surface area contributed by atoms with Gasteiger partial charge in [-0.2, -0.15) is 0 Å². The Morgan fingerprint density at radius 1 is 1.20 bits per heavy atom. The molecule has 0 saturated carbocycles. The fraction of sp³-hybridized carbons (Fsp3) is 0.600. The Hall–Kier alpha value is -1.62. The largest absolute Gasteiger partial charge is 0.464 e. The second-order valence-corrected chi connectivity index (χ2v) is 5.53. The Balaban J connectivity index is 2.17. The van der Waals surface area contributed by atoms with Gasteiger partial charge in [-0.15, -0.1) is 0 Å². The highest BCUT2D eigenvalue weighted by Crippen LogP contribution is 2.18. The number of rotatable bonds is 4. The van der Waals surface area contributed by atoms with E-state index in [1.807, 2.05) is 6.92 Å². The number of ketones is 1. The quantitative estimate of drug-likeness (QED) is 0.629. The number of quaternary nitrogens is 1. The number of hydrogen-bond donors (Lipinski definition) is 2. The average Bonchev–Trinajstić information content (AvgIpc) is 2.74. The van der Waals surface area contributed by atoms with E-state index in [2.05, 4.69) is 4.98 Å². The lowest BCUT2D eigenvalue weighted by Crippen LogP contribution is -3.13. The van der Waals surface area contributed by atoms with Crippen molar-refractivity contribution in [2.75, 3.05) is 26.7 Å². The number of piperidine rings is 1. The van der Waals surface area contributed by atoms with E-state index in [1.165, 1.54) is 31.3 Å². The first-order chi connectivity index (χ1) is 9.54. The summed E-state index contributed by atoms with van der Waals surface area (Å²) >= 11 is 0. The zero-order valence-corrected chi connectivity index (χ0v) is 12.5. The number of carbonyl (C=O) groups excluding carboxylic acids is 2. The molecule has 2 N–H and O–H groups in total. The van der Waals surface area contributed by atoms with E-state index in [0.717, 1.165) is 18.8 Å². The van der Waals surface area contributed by atoms with Gasteiger partial charge in [-0.1, -0.05) is 0 Å². The van der Waals surface area contributed by atoms with Crippen molar-refractivity contribution in [3.8, 4) is 0 Å². The first-order valence-corrected chi connectivity index (χ1v) is 7.18. The van der Waals surface area contributed by atoms with Gasteiger partial charge < -0.3 is 14.6 Å². The molecule has 0 aliphatic carbocycles. The zero-order chi connectivity index (χ0) is 14.7. The number of aromatic nitrogens is 1. The van der Waals surface area contributed by atoms with Crippen LogP contribution in [-0.2, 0) is 4.74 Å². The third-order valence-corrected chi connectivity index (χ3v) is 4.08. The van der Waals surface area contributed by atoms with Crippen molar-refractivity contribution in [1.29, 1.82) is 0 Å². The fourth-order valence-corrected chi connectivity index (χ4v) is 3.02. The smallest absolute Gasteiger partial charge is 0.354 e. The van der Waals surface area contributed by atoms with Gasteiger partial charge in [0.1, 0.15) is 12.2 Å². The van der Waals surface area contributed by atoms with Crippen molar-refractivity contribution in [1.82, 2.24) is 4.98 Å². The van der Waals surface area contributed by atoms with Crippen LogP contribution < -0.4 is 4.90 Å². The van der Waals surface area contributed by atoms with Crippen LogP contribution in [0.5, 0.6) is 0 Å². The topological polar surface area (TPSA) is 63.6 Å². The number of H-pyrrole nitrogens is 1. The van der Waals surface area contributed by atoms with Crippen LogP contribution in [0.3, 0.4) is 0 Å². The summed E-state index contributed by atoms with van der Waals surface area (Å²) in [4.78, 5) is 28.5. The standard InChI is InChI=1S/C15H22N2O3/c1-10-13(11(2)16-14(10)15(19)20-3)12(18)9-17-7-5-4-6-8-17/h16H,4-9H2,1-3H3/p+1. The Morgan fingerprint density at radius 3 is 2.45 bits per heavy atom. The van der Waals surface area contributed by atoms with Crippen LogP contribution >= 0.6 is 0 Å². The summed E-state index contributed by atoms with van der Waals surface area (Å²) in [7, 11) is 1.34. The number of carbonyl (C=O) groups is 2. The van der Waals surface area contributed by atoms with Crippen LogP contribution in [0.2, 0.25) is 0 Å². The number of methoxy groups -OCH3 is 1. The third-order valence-electron chi connectivity index (χ3n) is 4.08. The Morgan fingerprint density at radius 2 is 1.85 bits per heavy atom. The van der Waals surface area contributed by atoms with Gasteiger partial charge in [0.05, 0.1) is 20.2 Å². The lowest BCUT2D eigenvalue weighted by atomic mass is 10.0. The molecule has 0 unspecified atom stereocenters. The molecule has 5 heteroatoms. The number of aromatic amines is 1. The van der Waals surface area contributed by atoms with E-state index >= 15 is 0 Å². The second-order valence-electron chi connectivity index (χ2n) is 5.53. The number of likely N-dealkylation sites (tertiary alicyclic amines) is 1. The maximum Gasteiger partial charge on any atom is 0.354 e. The molecule has 2 heterocycles. The highest BCUT2D eigenvalue weighted by atomic mass is 16.5. The molecule has 1 fully saturated rings. The van der Waals surface area contributed by atoms with Crippen LogP contribution in [0.1, 0.15) is 51.4 Å². The molecule has 0 aromatic carbocycles. The van der Waals surface area contributed by atoms with E-state index in [0.29, 0.717) is 23.4 Å². The maximum atomic E-state index is 12.5. The summed E-state index contributed by atoms with van der Waals surface area (Å²) < 4.78 is 4.73. The van der Waals surface area contributed by atoms with Crippen LogP contribution in [-0.4, -0.2) is 43.5 Å². The number of hydrogen-bond acceptors (Lipinski definition) is 3. The molecular formula is C15H23N2O3+. The minimum absolute atomic E-state index is 0.114. The number of Topliss-reactive ketones (excluding diaryl/α,β-unsaturated/α-hetero) is 1. The second kappa shape index (κ2) is 6.22. The van der Waals surface area contributed by atoms with Crippen LogP contribution in [0.25, 0.3) is 0 Å². The molecule has 0 spiro atoms. The van der Waals surface area contributed by atoms with Crippen molar-refractivity contribution in [3.05, 3.63) is 22.5 Å². The molecule has 110 valence electrons. The van der Waals surface area contributed by atoms with Gasteiger partial charge in [-0.25, -0.2) is 4.79 Å². The Labute approximate surface area is 119 Å². The lowest BCUT2D eigenvalue weighted by Gasteiger charge is -2.22. The number of ether oxygens (including phenoxy) is 1. The maximum absolute atomic E-state index is 12.5. The predicted molar refractivity (Wildman–Crippen MR) is 75.4 cm³/mol. The fourth-order valence-electron chi connectivity index (χ4n) is 3.02. The van der Waals surface area contributed by atoms with E-state index < -0.39 is 5.97 Å². The lowest BCUT2D eigenvalue weighted by molar-refractivity contribution is -0.896. The van der Waals surface area contributed by atoms with Crippen LogP contribution in [0.4, 0.5) is 0 Å². The monoisotopic (exact) mass is 279 g/mol. The molecular weight excluding hydrogens is 256 g/mol. The first kappa shape index (κ1) is 14.8. The molecule has 0 radical (unpaired) electrons. The van der Waals surface area contributed by atoms with Gasteiger partial charge in [-0.05, 0) is 38.7 Å². The van der Waals surface area contributed by atoms with E-state index in [-0.39, 0.29) is 5.78 Å². The summed E-state index contributed by atoms with van der Waals surface area (Å²) in [6.45, 7) is 6.28. The van der Waals surface area contributed by atoms with E-state index in [9.17, 15) is 9.59 Å². The Bertz CT molecular complexity index is 513. The predicted octanol–water partition coefficient (Wildman–Crippen LogP) is 0.670. The van der Waals surface area contributed by atoms with Crippen LogP contribution in [0.15, 0.2) is 0 Å². The molecule has 1 aliphatic heterocycles. The van der Waals surface area contributed by atoms with Crippen molar-refractivity contribution in [2.24, 2.45) is 0 Å². The number of nitrogens with one attached hydrogen (secondary N) is 2. The SMILES string of the molecule is COC(=O)c1[nH]c(C)c(C(=O)C[NH+]2CCCCC2)c1C. The zero-order valence-electron chi connectivity index (χ0n) is 12.5. The Kier molecular flexibility index (Phi) is 4.60. The highest BCUT2D eigenvalue weighted by Gasteiger charge is 2.25. The molecule has 1 aliphatic rings. The van der Waals surface area contributed by atoms with Crippen LogP contribution in [0, 0.1) is 13.8 Å². The molecule has 0 amide bonds. The van der Waals surface area contributed by atoms with E-state index in [1.54, 1.807) is 6.92 Å². The van der Waals surface area contributed by atoms with Crippen molar-refractivity contribution >= 4 is 11.8 Å². The molecule has 5 nitrogen and oxygen atoms in total. The first-order valence-electron chi connectivity index (χ1n) is 7.18. The van der Waals surface area contributed by atoms with Crippen molar-refractivity contribution in [3.63, 3.8) is 0 Å². The van der Waals surface area contributed by atoms with Gasteiger partial charge >= 0.3 is 5.97 Å². The van der Waals surface area contributed by atoms with E-state index in [4.69, 9.17) is 4.74 Å². The van der Waals surface area contributed by atoms with Crippen molar-refractivity contribution < 1.29 is 19.2 Å². The average molecular weight is 279 g/mol. The molecule has 1 aromatic heterocycles. The number of aryl methyl sites for hydroxylation is 1. The number of esters is 1. The molecule has 1 saturated heterocycles. The van der Waals surface area contributed by atoms with Gasteiger partial charge in [-0.3, -0.25) is 4.79 Å². The molecule has 0 bridgehead atoms. The molecule has 2 rings (SSSR count). The highest BCUT2D eigenvalue weighted by molar-refractivity contribution is 6.02. The third kappa shape index (κ3) is 2.93. The summed E-state index contributed by atoms with van der Waals surface area (Å²) in [5.74, 6) is -0.307. The summed E-state index contributed by atoms with van der Waals surface area (Å²) in [5.41, 5.74) is 2.51. The minimum atomic E-state index is -0.421. The minimum Gasteiger partial charge on any atom is -0.464 e. The summed E-state index contributed by atoms with van der Waals surface area (Å²) in [5, 5.41) is 0.